The molecule has 2 rings (SSSR count). The van der Waals surface area contributed by atoms with Crippen LogP contribution in [0.25, 0.3) is 0 Å². The molecule has 0 saturated carbocycles. The van der Waals surface area contributed by atoms with Gasteiger partial charge in [-0.25, -0.2) is 0 Å². The number of nitrogens with zero attached hydrogens (tertiary/aromatic N) is 1. The summed E-state index contributed by atoms with van der Waals surface area (Å²) in [4.78, 5) is 15.6. The SMILES string of the molecule is O=C(CCC1CCCN1)NCc1cccnc1. The molecule has 4 heteroatoms. The lowest BCUT2D eigenvalue weighted by atomic mass is 10.1. The Morgan fingerprint density at radius 3 is 3.24 bits per heavy atom. The molecule has 1 aromatic heterocycles. The van der Waals surface area contributed by atoms with E-state index in [1.807, 2.05) is 12.1 Å². The van der Waals surface area contributed by atoms with Crippen molar-refractivity contribution < 1.29 is 4.79 Å². The van der Waals surface area contributed by atoms with Crippen molar-refractivity contribution >= 4 is 5.91 Å². The van der Waals surface area contributed by atoms with Gasteiger partial charge in [0, 0.05) is 31.4 Å². The maximum absolute atomic E-state index is 11.6. The molecule has 2 N–H and O–H groups in total. The number of nitrogens with one attached hydrogen (secondary N) is 2. The third-order valence-corrected chi connectivity index (χ3v) is 3.09. The highest BCUT2D eigenvalue weighted by Crippen LogP contribution is 2.10. The topological polar surface area (TPSA) is 54.0 Å². The van der Waals surface area contributed by atoms with E-state index in [1.54, 1.807) is 12.4 Å². The first-order valence-corrected chi connectivity index (χ1v) is 6.23. The quantitative estimate of drug-likeness (QED) is 0.804. The van der Waals surface area contributed by atoms with Crippen LogP contribution in [-0.2, 0) is 11.3 Å². The molecule has 1 amide bonds. The first-order valence-electron chi connectivity index (χ1n) is 6.23. The summed E-state index contributed by atoms with van der Waals surface area (Å²) in [5.41, 5.74) is 1.04. The van der Waals surface area contributed by atoms with E-state index in [4.69, 9.17) is 0 Å². The molecule has 0 bridgehead atoms. The minimum absolute atomic E-state index is 0.127. The monoisotopic (exact) mass is 233 g/mol. The zero-order valence-electron chi connectivity index (χ0n) is 9.98. The molecule has 1 unspecified atom stereocenters. The lowest BCUT2D eigenvalue weighted by Gasteiger charge is -2.09. The van der Waals surface area contributed by atoms with Crippen LogP contribution in [0.4, 0.5) is 0 Å². The Balaban J connectivity index is 1.64. The van der Waals surface area contributed by atoms with Crippen LogP contribution in [0.5, 0.6) is 0 Å². The number of carbonyl (C=O) groups is 1. The van der Waals surface area contributed by atoms with Crippen LogP contribution in [0.1, 0.15) is 31.2 Å². The fourth-order valence-electron chi connectivity index (χ4n) is 2.10. The molecule has 0 radical (unpaired) electrons. The number of carbonyl (C=O) groups excluding carboxylic acids is 1. The summed E-state index contributed by atoms with van der Waals surface area (Å²) in [6, 6.07) is 4.38. The molecule has 1 aromatic rings. The van der Waals surface area contributed by atoms with Gasteiger partial charge in [-0.2, -0.15) is 0 Å². The van der Waals surface area contributed by atoms with Crippen LogP contribution < -0.4 is 10.6 Å². The van der Waals surface area contributed by atoms with Gasteiger partial charge in [-0.05, 0) is 37.4 Å². The molecule has 92 valence electrons. The average molecular weight is 233 g/mol. The summed E-state index contributed by atoms with van der Waals surface area (Å²) in [5.74, 6) is 0.127. The van der Waals surface area contributed by atoms with Crippen LogP contribution in [-0.4, -0.2) is 23.5 Å². The first-order chi connectivity index (χ1) is 8.34. The number of pyridine rings is 1. The fraction of sp³-hybridized carbons (Fsp3) is 0.538. The van der Waals surface area contributed by atoms with Crippen molar-refractivity contribution in [3.63, 3.8) is 0 Å². The Bertz CT molecular complexity index is 347. The number of hydrogen-bond donors (Lipinski definition) is 2. The van der Waals surface area contributed by atoms with Crippen molar-refractivity contribution in [2.75, 3.05) is 6.54 Å². The van der Waals surface area contributed by atoms with E-state index in [9.17, 15) is 4.79 Å². The molecule has 17 heavy (non-hydrogen) atoms. The molecule has 0 aliphatic carbocycles. The van der Waals surface area contributed by atoms with Gasteiger partial charge in [-0.15, -0.1) is 0 Å². The van der Waals surface area contributed by atoms with Crippen LogP contribution in [0.2, 0.25) is 0 Å². The van der Waals surface area contributed by atoms with E-state index in [0.717, 1.165) is 18.5 Å². The molecule has 4 nitrogen and oxygen atoms in total. The van der Waals surface area contributed by atoms with Gasteiger partial charge in [0.05, 0.1) is 0 Å². The molecular weight excluding hydrogens is 214 g/mol. The molecule has 0 spiro atoms. The van der Waals surface area contributed by atoms with E-state index in [2.05, 4.69) is 15.6 Å². The Morgan fingerprint density at radius 1 is 1.59 bits per heavy atom. The highest BCUT2D eigenvalue weighted by Gasteiger charge is 2.14. The van der Waals surface area contributed by atoms with Gasteiger partial charge in [0.2, 0.25) is 5.91 Å². The van der Waals surface area contributed by atoms with Gasteiger partial charge in [0.25, 0.3) is 0 Å². The molecule has 1 atom stereocenters. The molecule has 1 saturated heterocycles. The largest absolute Gasteiger partial charge is 0.352 e. The van der Waals surface area contributed by atoms with Crippen LogP contribution in [0.3, 0.4) is 0 Å². The van der Waals surface area contributed by atoms with Gasteiger partial charge in [-0.3, -0.25) is 9.78 Å². The van der Waals surface area contributed by atoms with Crippen LogP contribution in [0.15, 0.2) is 24.5 Å². The first kappa shape index (κ1) is 12.0. The number of hydrogen-bond acceptors (Lipinski definition) is 3. The second kappa shape index (κ2) is 6.35. The third-order valence-electron chi connectivity index (χ3n) is 3.09. The Kier molecular flexibility index (Phi) is 4.50. The highest BCUT2D eigenvalue weighted by atomic mass is 16.1. The maximum Gasteiger partial charge on any atom is 0.220 e. The summed E-state index contributed by atoms with van der Waals surface area (Å²) in [6.45, 7) is 1.67. The molecule has 1 aliphatic heterocycles. The number of amides is 1. The van der Waals surface area contributed by atoms with E-state index in [-0.39, 0.29) is 5.91 Å². The number of aromatic nitrogens is 1. The lowest BCUT2D eigenvalue weighted by molar-refractivity contribution is -0.121. The van der Waals surface area contributed by atoms with Gasteiger partial charge >= 0.3 is 0 Å². The van der Waals surface area contributed by atoms with Crippen molar-refractivity contribution in [1.82, 2.24) is 15.6 Å². The van der Waals surface area contributed by atoms with E-state index >= 15 is 0 Å². The predicted molar refractivity (Wildman–Crippen MR) is 66.3 cm³/mol. The molecule has 0 aromatic carbocycles. The van der Waals surface area contributed by atoms with Crippen LogP contribution in [0, 0.1) is 0 Å². The van der Waals surface area contributed by atoms with E-state index in [0.29, 0.717) is 19.0 Å². The summed E-state index contributed by atoms with van der Waals surface area (Å²) < 4.78 is 0. The average Bonchev–Trinajstić information content (AvgIpc) is 2.88. The van der Waals surface area contributed by atoms with Crippen molar-refractivity contribution in [2.45, 2.75) is 38.3 Å². The van der Waals surface area contributed by atoms with Crippen LogP contribution >= 0.6 is 0 Å². The van der Waals surface area contributed by atoms with Crippen molar-refractivity contribution in [3.05, 3.63) is 30.1 Å². The minimum atomic E-state index is 0.127. The second-order valence-electron chi connectivity index (χ2n) is 4.47. The summed E-state index contributed by atoms with van der Waals surface area (Å²) in [5, 5.41) is 6.31. The maximum atomic E-state index is 11.6. The summed E-state index contributed by atoms with van der Waals surface area (Å²) in [6.07, 6.45) is 7.50. The molecule has 1 fully saturated rings. The van der Waals surface area contributed by atoms with E-state index in [1.165, 1.54) is 12.8 Å². The lowest BCUT2D eigenvalue weighted by Crippen LogP contribution is -2.27. The minimum Gasteiger partial charge on any atom is -0.352 e. The number of rotatable bonds is 5. The fourth-order valence-corrected chi connectivity index (χ4v) is 2.10. The molecular formula is C13H19N3O. The van der Waals surface area contributed by atoms with Gasteiger partial charge in [-0.1, -0.05) is 6.07 Å². The Morgan fingerprint density at radius 2 is 2.53 bits per heavy atom. The van der Waals surface area contributed by atoms with Gasteiger partial charge < -0.3 is 10.6 Å². The normalized spacial score (nSPS) is 19.2. The highest BCUT2D eigenvalue weighted by molar-refractivity contribution is 5.75. The van der Waals surface area contributed by atoms with Crippen molar-refractivity contribution in [3.8, 4) is 0 Å². The summed E-state index contributed by atoms with van der Waals surface area (Å²) >= 11 is 0. The van der Waals surface area contributed by atoms with Crippen molar-refractivity contribution in [2.24, 2.45) is 0 Å². The second-order valence-corrected chi connectivity index (χ2v) is 4.47. The zero-order valence-corrected chi connectivity index (χ0v) is 9.98. The predicted octanol–water partition coefficient (Wildman–Crippen LogP) is 1.23. The van der Waals surface area contributed by atoms with Gasteiger partial charge in [0.15, 0.2) is 0 Å². The Labute approximate surface area is 102 Å². The standard InChI is InChI=1S/C13H19N3O/c17-13(6-5-12-4-2-8-15-12)16-10-11-3-1-7-14-9-11/h1,3,7,9,12,15H,2,4-6,8,10H2,(H,16,17). The zero-order chi connectivity index (χ0) is 11.9. The molecule has 2 heterocycles. The summed E-state index contributed by atoms with van der Waals surface area (Å²) in [7, 11) is 0. The Hall–Kier alpha value is -1.42. The smallest absolute Gasteiger partial charge is 0.220 e. The van der Waals surface area contributed by atoms with Gasteiger partial charge in [0.1, 0.15) is 0 Å². The van der Waals surface area contributed by atoms with Crippen molar-refractivity contribution in [1.29, 1.82) is 0 Å². The van der Waals surface area contributed by atoms with E-state index < -0.39 is 0 Å². The third kappa shape index (κ3) is 4.15. The molecule has 1 aliphatic rings.